The first-order valence-electron chi connectivity index (χ1n) is 6.54. The van der Waals surface area contributed by atoms with E-state index >= 15 is 0 Å². The summed E-state index contributed by atoms with van der Waals surface area (Å²) in [5.41, 5.74) is 1.02. The second-order valence-electron chi connectivity index (χ2n) is 5.69. The molecule has 1 atom stereocenters. The van der Waals surface area contributed by atoms with Crippen molar-refractivity contribution >= 4 is 5.97 Å². The van der Waals surface area contributed by atoms with Gasteiger partial charge >= 0.3 is 5.97 Å². The normalized spacial score (nSPS) is 12.8. The van der Waals surface area contributed by atoms with Crippen molar-refractivity contribution in [3.63, 3.8) is 0 Å². The Morgan fingerprint density at radius 2 is 2.00 bits per heavy atom. The molecular weight excluding hydrogens is 258 g/mol. The van der Waals surface area contributed by atoms with Gasteiger partial charge < -0.3 is 19.9 Å². The van der Waals surface area contributed by atoms with Crippen LogP contribution in [0.3, 0.4) is 0 Å². The van der Waals surface area contributed by atoms with E-state index in [1.807, 2.05) is 6.07 Å². The van der Waals surface area contributed by atoms with E-state index in [0.29, 0.717) is 18.0 Å². The van der Waals surface area contributed by atoms with Crippen molar-refractivity contribution in [3.8, 4) is 11.5 Å². The molecule has 1 aromatic carbocycles. The average Bonchev–Trinajstić information content (AvgIpc) is 2.35. The Morgan fingerprint density at radius 3 is 2.50 bits per heavy atom. The van der Waals surface area contributed by atoms with E-state index < -0.39 is 12.1 Å². The maximum Gasteiger partial charge on any atom is 0.344 e. The number of ether oxygens (including phenoxy) is 2. The predicted octanol–water partition coefficient (Wildman–Crippen LogP) is 2.44. The first kappa shape index (κ1) is 16.3. The third-order valence-corrected chi connectivity index (χ3v) is 2.70. The molecule has 0 saturated carbocycles. The molecule has 5 nitrogen and oxygen atoms in total. The molecule has 112 valence electrons. The highest BCUT2D eigenvalue weighted by atomic mass is 16.5. The molecule has 0 aliphatic carbocycles. The lowest BCUT2D eigenvalue weighted by molar-refractivity contribution is -0.144. The van der Waals surface area contributed by atoms with E-state index in [2.05, 4.69) is 26.1 Å². The summed E-state index contributed by atoms with van der Waals surface area (Å²) in [5, 5.41) is 12.3. The Labute approximate surface area is 119 Å². The molecule has 0 bridgehead atoms. The van der Waals surface area contributed by atoms with Gasteiger partial charge in [-0.1, -0.05) is 6.07 Å². The Kier molecular flexibility index (Phi) is 5.39. The van der Waals surface area contributed by atoms with Gasteiger partial charge in [0.1, 0.15) is 0 Å². The zero-order valence-electron chi connectivity index (χ0n) is 12.7. The molecule has 0 aliphatic rings. The topological polar surface area (TPSA) is 67.8 Å². The van der Waals surface area contributed by atoms with Gasteiger partial charge in [-0.3, -0.25) is 0 Å². The highest BCUT2D eigenvalue weighted by molar-refractivity contribution is 5.72. The van der Waals surface area contributed by atoms with Crippen molar-refractivity contribution in [1.82, 2.24) is 5.32 Å². The van der Waals surface area contributed by atoms with Crippen molar-refractivity contribution in [2.45, 2.75) is 45.9 Å². The largest absolute Gasteiger partial charge is 0.493 e. The van der Waals surface area contributed by atoms with E-state index in [4.69, 9.17) is 14.6 Å². The molecule has 5 heteroatoms. The molecule has 1 rings (SSSR count). The van der Waals surface area contributed by atoms with Crippen LogP contribution in [0.25, 0.3) is 0 Å². The van der Waals surface area contributed by atoms with Gasteiger partial charge in [0.2, 0.25) is 0 Å². The van der Waals surface area contributed by atoms with Crippen molar-refractivity contribution in [2.24, 2.45) is 0 Å². The SMILES string of the molecule is COc1ccc(CNC(C)(C)C)cc1OC(C)C(=O)O. The predicted molar refractivity (Wildman–Crippen MR) is 77.3 cm³/mol. The maximum atomic E-state index is 10.9. The first-order valence-corrected chi connectivity index (χ1v) is 6.54. The van der Waals surface area contributed by atoms with Gasteiger partial charge in [-0.25, -0.2) is 4.79 Å². The van der Waals surface area contributed by atoms with Crippen LogP contribution >= 0.6 is 0 Å². The molecule has 0 aliphatic heterocycles. The number of nitrogens with one attached hydrogen (secondary N) is 1. The van der Waals surface area contributed by atoms with Gasteiger partial charge in [0.25, 0.3) is 0 Å². The quantitative estimate of drug-likeness (QED) is 0.838. The summed E-state index contributed by atoms with van der Waals surface area (Å²) in [6.45, 7) is 8.41. The summed E-state index contributed by atoms with van der Waals surface area (Å²) in [6, 6.07) is 5.51. The van der Waals surface area contributed by atoms with Gasteiger partial charge in [-0.2, -0.15) is 0 Å². The lowest BCUT2D eigenvalue weighted by Gasteiger charge is -2.21. The second-order valence-corrected chi connectivity index (χ2v) is 5.69. The van der Waals surface area contributed by atoms with Gasteiger partial charge in [0, 0.05) is 12.1 Å². The average molecular weight is 281 g/mol. The Morgan fingerprint density at radius 1 is 1.35 bits per heavy atom. The number of carboxylic acid groups (broad SMARTS) is 1. The smallest absolute Gasteiger partial charge is 0.344 e. The third-order valence-electron chi connectivity index (χ3n) is 2.70. The van der Waals surface area contributed by atoms with Crippen LogP contribution in [0.4, 0.5) is 0 Å². The van der Waals surface area contributed by atoms with Crippen LogP contribution in [-0.4, -0.2) is 29.8 Å². The summed E-state index contributed by atoms with van der Waals surface area (Å²) < 4.78 is 10.6. The van der Waals surface area contributed by atoms with Crippen LogP contribution < -0.4 is 14.8 Å². The Balaban J connectivity index is 2.88. The zero-order valence-corrected chi connectivity index (χ0v) is 12.7. The second kappa shape index (κ2) is 6.61. The number of hydrogen-bond donors (Lipinski definition) is 2. The van der Waals surface area contributed by atoms with Gasteiger partial charge in [0.05, 0.1) is 7.11 Å². The van der Waals surface area contributed by atoms with Crippen molar-refractivity contribution in [1.29, 1.82) is 0 Å². The molecule has 0 spiro atoms. The lowest BCUT2D eigenvalue weighted by Crippen LogP contribution is -2.35. The minimum absolute atomic E-state index is 0.00923. The maximum absolute atomic E-state index is 10.9. The first-order chi connectivity index (χ1) is 9.23. The van der Waals surface area contributed by atoms with Crippen molar-refractivity contribution in [3.05, 3.63) is 23.8 Å². The number of carbonyl (C=O) groups is 1. The third kappa shape index (κ3) is 5.09. The van der Waals surface area contributed by atoms with Crippen LogP contribution in [-0.2, 0) is 11.3 Å². The molecule has 2 N–H and O–H groups in total. The van der Waals surface area contributed by atoms with Gasteiger partial charge in [-0.05, 0) is 45.4 Å². The highest BCUT2D eigenvalue weighted by Gasteiger charge is 2.16. The monoisotopic (exact) mass is 281 g/mol. The number of benzene rings is 1. The van der Waals surface area contributed by atoms with Crippen molar-refractivity contribution in [2.75, 3.05) is 7.11 Å². The molecule has 20 heavy (non-hydrogen) atoms. The van der Waals surface area contributed by atoms with E-state index in [1.165, 1.54) is 14.0 Å². The molecule has 1 aromatic rings. The number of aliphatic carboxylic acids is 1. The van der Waals surface area contributed by atoms with Crippen molar-refractivity contribution < 1.29 is 19.4 Å². The fourth-order valence-electron chi connectivity index (χ4n) is 1.53. The minimum Gasteiger partial charge on any atom is -0.493 e. The molecule has 0 radical (unpaired) electrons. The standard InChI is InChI=1S/C15H23NO4/c1-10(14(17)18)20-13-8-11(6-7-12(13)19-5)9-16-15(2,3)4/h6-8,10,16H,9H2,1-5H3,(H,17,18). The molecule has 0 heterocycles. The molecule has 0 aromatic heterocycles. The molecule has 0 saturated heterocycles. The molecule has 0 amide bonds. The van der Waals surface area contributed by atoms with E-state index in [1.54, 1.807) is 12.1 Å². The highest BCUT2D eigenvalue weighted by Crippen LogP contribution is 2.29. The summed E-state index contributed by atoms with van der Waals surface area (Å²) >= 11 is 0. The van der Waals surface area contributed by atoms with E-state index in [9.17, 15) is 4.79 Å². The Hall–Kier alpha value is -1.75. The molecule has 0 fully saturated rings. The Bertz CT molecular complexity index is 465. The number of carboxylic acids is 1. The minimum atomic E-state index is -1.01. The summed E-state index contributed by atoms with van der Waals surface area (Å²) in [7, 11) is 1.53. The molecular formula is C15H23NO4. The van der Waals surface area contributed by atoms with Gasteiger partial charge in [-0.15, -0.1) is 0 Å². The van der Waals surface area contributed by atoms with Crippen LogP contribution in [0.2, 0.25) is 0 Å². The number of hydrogen-bond acceptors (Lipinski definition) is 4. The van der Waals surface area contributed by atoms with Crippen LogP contribution in [0, 0.1) is 0 Å². The van der Waals surface area contributed by atoms with Crippen LogP contribution in [0.15, 0.2) is 18.2 Å². The fourth-order valence-corrected chi connectivity index (χ4v) is 1.53. The zero-order chi connectivity index (χ0) is 15.3. The molecule has 1 unspecified atom stereocenters. The lowest BCUT2D eigenvalue weighted by atomic mass is 10.1. The van der Waals surface area contributed by atoms with Gasteiger partial charge in [0.15, 0.2) is 17.6 Å². The van der Waals surface area contributed by atoms with E-state index in [0.717, 1.165) is 5.56 Å². The van der Waals surface area contributed by atoms with E-state index in [-0.39, 0.29) is 5.54 Å². The number of methoxy groups -OCH3 is 1. The van der Waals surface area contributed by atoms with Crippen LogP contribution in [0.5, 0.6) is 11.5 Å². The fraction of sp³-hybridized carbons (Fsp3) is 0.533. The number of rotatable bonds is 6. The summed E-state index contributed by atoms with van der Waals surface area (Å²) in [6.07, 6.45) is -0.922. The summed E-state index contributed by atoms with van der Waals surface area (Å²) in [4.78, 5) is 10.9. The summed E-state index contributed by atoms with van der Waals surface area (Å²) in [5.74, 6) is -0.0431. The van der Waals surface area contributed by atoms with Crippen LogP contribution in [0.1, 0.15) is 33.3 Å².